The van der Waals surface area contributed by atoms with Gasteiger partial charge in [0.15, 0.2) is 0 Å². The lowest BCUT2D eigenvalue weighted by Gasteiger charge is -2.13. The lowest BCUT2D eigenvalue weighted by molar-refractivity contribution is -0.274. The van der Waals surface area contributed by atoms with Crippen molar-refractivity contribution in [3.8, 4) is 22.9 Å². The van der Waals surface area contributed by atoms with E-state index in [4.69, 9.17) is 4.74 Å². The molecule has 4 nitrogen and oxygen atoms in total. The van der Waals surface area contributed by atoms with Crippen molar-refractivity contribution in [1.29, 1.82) is 5.26 Å². The van der Waals surface area contributed by atoms with Crippen LogP contribution in [0.1, 0.15) is 21.5 Å². The molecule has 0 atom stereocenters. The zero-order valence-electron chi connectivity index (χ0n) is 12.9. The molecule has 0 saturated carbocycles. The fourth-order valence-corrected chi connectivity index (χ4v) is 2.85. The molecule has 8 heteroatoms. The Hall–Kier alpha value is -2.53. The Kier molecular flexibility index (Phi) is 5.69. The first kappa shape index (κ1) is 18.8. The molecule has 130 valence electrons. The molecule has 0 fully saturated rings. The van der Waals surface area contributed by atoms with E-state index in [-0.39, 0.29) is 16.5 Å². The van der Waals surface area contributed by atoms with Crippen molar-refractivity contribution in [2.45, 2.75) is 11.7 Å². The SMILES string of the molecule is COC(=O)c1cc(-c2cccc(OC(F)(F)F)c2)cc(C#N)c1CBr. The predicted octanol–water partition coefficient (Wildman–Crippen LogP) is 4.81. The molecule has 0 aromatic heterocycles. The summed E-state index contributed by atoms with van der Waals surface area (Å²) in [6.45, 7) is 0. The van der Waals surface area contributed by atoms with Gasteiger partial charge in [-0.2, -0.15) is 5.26 Å². The minimum absolute atomic E-state index is 0.163. The van der Waals surface area contributed by atoms with Crippen LogP contribution in [0.3, 0.4) is 0 Å². The molecule has 0 aliphatic carbocycles. The maximum absolute atomic E-state index is 12.4. The second-order valence-corrected chi connectivity index (χ2v) is 5.42. The highest BCUT2D eigenvalue weighted by Crippen LogP contribution is 2.31. The molecule has 0 unspecified atom stereocenters. The predicted molar refractivity (Wildman–Crippen MR) is 87.2 cm³/mol. The van der Waals surface area contributed by atoms with E-state index < -0.39 is 18.1 Å². The van der Waals surface area contributed by atoms with Gasteiger partial charge >= 0.3 is 12.3 Å². The summed E-state index contributed by atoms with van der Waals surface area (Å²) < 4.78 is 45.7. The molecule has 0 aliphatic rings. The molecule has 25 heavy (non-hydrogen) atoms. The van der Waals surface area contributed by atoms with E-state index in [9.17, 15) is 23.2 Å². The number of halogens is 4. The van der Waals surface area contributed by atoms with Crippen LogP contribution in [-0.2, 0) is 10.1 Å². The van der Waals surface area contributed by atoms with Gasteiger partial charge in [0.25, 0.3) is 0 Å². The molecule has 2 aromatic rings. The Morgan fingerprint density at radius 1 is 1.24 bits per heavy atom. The van der Waals surface area contributed by atoms with Crippen molar-refractivity contribution in [3.05, 3.63) is 53.1 Å². The Morgan fingerprint density at radius 3 is 2.52 bits per heavy atom. The Balaban J connectivity index is 2.58. The standard InChI is InChI=1S/C17H11BrF3NO3/c1-24-16(23)14-7-11(5-12(9-22)15(14)8-18)10-3-2-4-13(6-10)25-17(19,20)21/h2-7H,8H2,1H3. The topological polar surface area (TPSA) is 59.3 Å². The third-order valence-electron chi connectivity index (χ3n) is 3.31. The van der Waals surface area contributed by atoms with Gasteiger partial charge in [0, 0.05) is 5.33 Å². The highest BCUT2D eigenvalue weighted by atomic mass is 79.9. The number of nitrogens with zero attached hydrogens (tertiary/aromatic N) is 1. The third kappa shape index (κ3) is 4.51. The number of hydrogen-bond acceptors (Lipinski definition) is 4. The van der Waals surface area contributed by atoms with Crippen LogP contribution in [0.2, 0.25) is 0 Å². The van der Waals surface area contributed by atoms with Crippen LogP contribution in [-0.4, -0.2) is 19.4 Å². The first-order valence-corrected chi connectivity index (χ1v) is 7.98. The molecule has 0 aliphatic heterocycles. The number of methoxy groups -OCH3 is 1. The van der Waals surface area contributed by atoms with E-state index >= 15 is 0 Å². The Bertz CT molecular complexity index is 844. The number of nitriles is 1. The first-order valence-electron chi connectivity index (χ1n) is 6.86. The zero-order valence-corrected chi connectivity index (χ0v) is 14.4. The summed E-state index contributed by atoms with van der Waals surface area (Å²) in [5.41, 5.74) is 1.59. The third-order valence-corrected chi connectivity index (χ3v) is 3.87. The van der Waals surface area contributed by atoms with E-state index in [2.05, 4.69) is 20.7 Å². The van der Waals surface area contributed by atoms with Gasteiger partial charge < -0.3 is 9.47 Å². The molecule has 0 saturated heterocycles. The second-order valence-electron chi connectivity index (χ2n) is 4.86. The van der Waals surface area contributed by atoms with Gasteiger partial charge in [0.05, 0.1) is 24.3 Å². The Morgan fingerprint density at radius 2 is 1.96 bits per heavy atom. The number of ether oxygens (including phenoxy) is 2. The molecule has 0 radical (unpaired) electrons. The van der Waals surface area contributed by atoms with Crippen LogP contribution in [0.4, 0.5) is 13.2 Å². The van der Waals surface area contributed by atoms with Gasteiger partial charge in [-0.1, -0.05) is 28.1 Å². The van der Waals surface area contributed by atoms with Gasteiger partial charge in [0.1, 0.15) is 5.75 Å². The van der Waals surface area contributed by atoms with E-state index in [0.717, 1.165) is 6.07 Å². The number of esters is 1. The average Bonchev–Trinajstić information content (AvgIpc) is 2.58. The van der Waals surface area contributed by atoms with Crippen LogP contribution in [0.15, 0.2) is 36.4 Å². The monoisotopic (exact) mass is 413 g/mol. The van der Waals surface area contributed by atoms with Crippen molar-refractivity contribution in [3.63, 3.8) is 0 Å². The molecule has 0 bridgehead atoms. The summed E-state index contributed by atoms with van der Waals surface area (Å²) in [4.78, 5) is 12.0. The largest absolute Gasteiger partial charge is 0.573 e. The summed E-state index contributed by atoms with van der Waals surface area (Å²) in [5.74, 6) is -1.04. The summed E-state index contributed by atoms with van der Waals surface area (Å²) in [7, 11) is 1.21. The van der Waals surface area contributed by atoms with Crippen LogP contribution in [0, 0.1) is 11.3 Å². The molecular formula is C17H11BrF3NO3. The fourth-order valence-electron chi connectivity index (χ4n) is 2.25. The van der Waals surface area contributed by atoms with E-state index in [1.54, 1.807) is 6.07 Å². The zero-order chi connectivity index (χ0) is 18.6. The lowest BCUT2D eigenvalue weighted by atomic mass is 9.95. The van der Waals surface area contributed by atoms with Crippen LogP contribution in [0.25, 0.3) is 11.1 Å². The number of rotatable bonds is 4. The molecule has 2 rings (SSSR count). The fraction of sp³-hybridized carbons (Fsp3) is 0.176. The molecule has 0 N–H and O–H groups in total. The van der Waals surface area contributed by atoms with E-state index in [0.29, 0.717) is 16.7 Å². The summed E-state index contributed by atoms with van der Waals surface area (Å²) in [6.07, 6.45) is -4.81. The number of hydrogen-bond donors (Lipinski definition) is 0. The number of alkyl halides is 4. The molecule has 2 aromatic carbocycles. The van der Waals surface area contributed by atoms with Crippen LogP contribution >= 0.6 is 15.9 Å². The smallest absolute Gasteiger partial charge is 0.465 e. The molecule has 0 spiro atoms. The summed E-state index contributed by atoms with van der Waals surface area (Å²) >= 11 is 3.22. The van der Waals surface area contributed by atoms with Crippen molar-refractivity contribution in [2.75, 3.05) is 7.11 Å². The first-order chi connectivity index (χ1) is 11.8. The van der Waals surface area contributed by atoms with Gasteiger partial charge in [0.2, 0.25) is 0 Å². The highest BCUT2D eigenvalue weighted by Gasteiger charge is 2.31. The number of benzene rings is 2. The van der Waals surface area contributed by atoms with Crippen molar-refractivity contribution in [2.24, 2.45) is 0 Å². The lowest BCUT2D eigenvalue weighted by Crippen LogP contribution is -2.17. The van der Waals surface area contributed by atoms with Gasteiger partial charge in [-0.05, 0) is 41.0 Å². The van der Waals surface area contributed by atoms with Gasteiger partial charge in [-0.15, -0.1) is 13.2 Å². The number of carbonyl (C=O) groups is 1. The van der Waals surface area contributed by atoms with Gasteiger partial charge in [-0.25, -0.2) is 4.79 Å². The van der Waals surface area contributed by atoms with Gasteiger partial charge in [-0.3, -0.25) is 0 Å². The molecule has 0 heterocycles. The number of carbonyl (C=O) groups excluding carboxylic acids is 1. The minimum Gasteiger partial charge on any atom is -0.465 e. The summed E-state index contributed by atoms with van der Waals surface area (Å²) in [6, 6.07) is 10.2. The summed E-state index contributed by atoms with van der Waals surface area (Å²) in [5, 5.41) is 9.56. The van der Waals surface area contributed by atoms with E-state index in [1.165, 1.54) is 31.4 Å². The normalized spacial score (nSPS) is 10.9. The maximum atomic E-state index is 12.4. The maximum Gasteiger partial charge on any atom is 0.573 e. The van der Waals surface area contributed by atoms with Crippen LogP contribution in [0.5, 0.6) is 5.75 Å². The van der Waals surface area contributed by atoms with Crippen molar-refractivity contribution >= 4 is 21.9 Å². The average molecular weight is 414 g/mol. The van der Waals surface area contributed by atoms with Crippen molar-refractivity contribution in [1.82, 2.24) is 0 Å². The highest BCUT2D eigenvalue weighted by molar-refractivity contribution is 9.08. The molecular weight excluding hydrogens is 403 g/mol. The minimum atomic E-state index is -4.81. The second kappa shape index (κ2) is 7.57. The van der Waals surface area contributed by atoms with E-state index in [1.807, 2.05) is 6.07 Å². The Labute approximate surface area is 149 Å². The molecule has 0 amide bonds. The quantitative estimate of drug-likeness (QED) is 0.533. The van der Waals surface area contributed by atoms with Crippen molar-refractivity contribution < 1.29 is 27.4 Å². The van der Waals surface area contributed by atoms with Crippen LogP contribution < -0.4 is 4.74 Å².